The molecule has 0 atom stereocenters. The number of rotatable bonds is 3. The highest BCUT2D eigenvalue weighted by Gasteiger charge is 2.34. The highest BCUT2D eigenvalue weighted by molar-refractivity contribution is 5.80. The van der Waals surface area contributed by atoms with Gasteiger partial charge in [-0.3, -0.25) is 9.59 Å². The molecule has 202 valence electrons. The van der Waals surface area contributed by atoms with Crippen LogP contribution in [0, 0.1) is 12.8 Å². The third kappa shape index (κ3) is 5.30. The van der Waals surface area contributed by atoms with Crippen molar-refractivity contribution in [1.82, 2.24) is 29.5 Å². The summed E-state index contributed by atoms with van der Waals surface area (Å²) in [6, 6.07) is 9.68. The Morgan fingerprint density at radius 1 is 0.974 bits per heavy atom. The zero-order valence-electron chi connectivity index (χ0n) is 22.6. The summed E-state index contributed by atoms with van der Waals surface area (Å²) >= 11 is 0. The Balaban J connectivity index is 1.23. The molecule has 3 aromatic rings. The van der Waals surface area contributed by atoms with Crippen LogP contribution in [0.25, 0.3) is 16.7 Å². The molecule has 0 unspecified atom stereocenters. The quantitative estimate of drug-likeness (QED) is 0.563. The van der Waals surface area contributed by atoms with Crippen LogP contribution in [0.1, 0.15) is 63.9 Å². The second-order valence-electron chi connectivity index (χ2n) is 11.3. The average Bonchev–Trinajstić information content (AvgIpc) is 3.24. The topological polar surface area (TPSA) is 113 Å². The van der Waals surface area contributed by atoms with Gasteiger partial charge in [0.1, 0.15) is 16.8 Å². The number of likely N-dealkylation sites (tertiary alicyclic amines) is 2. The van der Waals surface area contributed by atoms with Crippen LogP contribution in [0.15, 0.2) is 35.1 Å². The van der Waals surface area contributed by atoms with Gasteiger partial charge in [0.05, 0.1) is 11.4 Å². The average molecular weight is 521 g/mol. The summed E-state index contributed by atoms with van der Waals surface area (Å²) in [5.41, 5.74) is 1.34. The predicted molar refractivity (Wildman–Crippen MR) is 143 cm³/mol. The Morgan fingerprint density at radius 2 is 1.61 bits per heavy atom. The number of nitrogens with zero attached hydrogens (tertiary/aromatic N) is 5. The molecule has 0 spiro atoms. The zero-order chi connectivity index (χ0) is 27.0. The predicted octanol–water partition coefficient (Wildman–Crippen LogP) is 3.77. The molecule has 4 heterocycles. The van der Waals surface area contributed by atoms with Crippen LogP contribution >= 0.6 is 0 Å². The number of hydrogen-bond donors (Lipinski definition) is 1. The van der Waals surface area contributed by atoms with Crippen molar-refractivity contribution in [1.29, 1.82) is 0 Å². The number of para-hydroxylation sites is 1. The van der Waals surface area contributed by atoms with E-state index < -0.39 is 5.60 Å². The minimum absolute atomic E-state index is 0.0598. The molecule has 1 aromatic carbocycles. The molecule has 2 amide bonds. The van der Waals surface area contributed by atoms with E-state index in [1.165, 1.54) is 0 Å². The van der Waals surface area contributed by atoms with Crippen LogP contribution in [0.4, 0.5) is 4.79 Å². The molecule has 38 heavy (non-hydrogen) atoms. The second kappa shape index (κ2) is 10.2. The molecule has 0 bridgehead atoms. The number of benzene rings is 1. The number of carbonyl (C=O) groups is 2. The van der Waals surface area contributed by atoms with Crippen molar-refractivity contribution < 1.29 is 14.3 Å². The van der Waals surface area contributed by atoms with E-state index in [4.69, 9.17) is 9.72 Å². The third-order valence-electron chi connectivity index (χ3n) is 7.42. The van der Waals surface area contributed by atoms with Crippen molar-refractivity contribution in [2.45, 2.75) is 64.9 Å². The molecule has 0 aliphatic carbocycles. The highest BCUT2D eigenvalue weighted by Crippen LogP contribution is 2.29. The molecule has 10 nitrogen and oxygen atoms in total. The Labute approximate surface area is 222 Å². The maximum Gasteiger partial charge on any atom is 0.410 e. The Kier molecular flexibility index (Phi) is 6.98. The van der Waals surface area contributed by atoms with E-state index in [2.05, 4.69) is 10.1 Å². The van der Waals surface area contributed by atoms with Gasteiger partial charge in [0.15, 0.2) is 5.65 Å². The molecule has 2 aliphatic heterocycles. The largest absolute Gasteiger partial charge is 0.444 e. The fourth-order valence-corrected chi connectivity index (χ4v) is 5.41. The van der Waals surface area contributed by atoms with Crippen LogP contribution in [0.2, 0.25) is 0 Å². The van der Waals surface area contributed by atoms with Crippen LogP contribution in [-0.2, 0) is 9.53 Å². The Hall–Kier alpha value is -3.69. The van der Waals surface area contributed by atoms with E-state index >= 15 is 0 Å². The number of aryl methyl sites for hydroxylation is 1. The SMILES string of the molecule is Cc1nn(-c2ccccc2)c2nc(C3CCN(C(=O)C4CCN(C(=O)OC(C)(C)C)CC4)CC3)[nH]c(=O)c12. The number of ether oxygens (including phenoxy) is 1. The second-order valence-corrected chi connectivity index (χ2v) is 11.3. The zero-order valence-corrected chi connectivity index (χ0v) is 22.6. The van der Waals surface area contributed by atoms with Crippen molar-refractivity contribution >= 4 is 23.0 Å². The van der Waals surface area contributed by atoms with E-state index in [1.807, 2.05) is 62.9 Å². The van der Waals surface area contributed by atoms with Gasteiger partial charge in [-0.25, -0.2) is 14.5 Å². The molecule has 2 aromatic heterocycles. The normalized spacial score (nSPS) is 17.7. The van der Waals surface area contributed by atoms with Crippen molar-refractivity contribution in [2.24, 2.45) is 5.92 Å². The molecule has 2 saturated heterocycles. The van der Waals surface area contributed by atoms with Crippen LogP contribution < -0.4 is 5.56 Å². The first kappa shape index (κ1) is 25.9. The number of carbonyl (C=O) groups excluding carboxylic acids is 2. The molecular weight excluding hydrogens is 484 g/mol. The van der Waals surface area contributed by atoms with Crippen LogP contribution in [-0.4, -0.2) is 73.3 Å². The van der Waals surface area contributed by atoms with E-state index in [0.29, 0.717) is 61.6 Å². The number of hydrogen-bond acceptors (Lipinski definition) is 6. The molecule has 10 heteroatoms. The monoisotopic (exact) mass is 520 g/mol. The highest BCUT2D eigenvalue weighted by atomic mass is 16.6. The van der Waals surface area contributed by atoms with Crippen LogP contribution in [0.3, 0.4) is 0 Å². The Bertz CT molecular complexity index is 1370. The van der Waals surface area contributed by atoms with Crippen LogP contribution in [0.5, 0.6) is 0 Å². The third-order valence-corrected chi connectivity index (χ3v) is 7.42. The molecule has 2 fully saturated rings. The minimum Gasteiger partial charge on any atom is -0.444 e. The molecular formula is C28H36N6O4. The summed E-state index contributed by atoms with van der Waals surface area (Å²) in [4.78, 5) is 50.0. The first-order chi connectivity index (χ1) is 18.1. The molecule has 5 rings (SSSR count). The number of fused-ring (bicyclic) bond motifs is 1. The summed E-state index contributed by atoms with van der Waals surface area (Å²) in [5, 5.41) is 5.08. The fraction of sp³-hybridized carbons (Fsp3) is 0.536. The minimum atomic E-state index is -0.530. The molecule has 0 radical (unpaired) electrons. The first-order valence-corrected chi connectivity index (χ1v) is 13.4. The number of nitrogens with one attached hydrogen (secondary N) is 1. The van der Waals surface area contributed by atoms with E-state index in [1.54, 1.807) is 9.58 Å². The van der Waals surface area contributed by atoms with E-state index in [-0.39, 0.29) is 29.4 Å². The lowest BCUT2D eigenvalue weighted by Gasteiger charge is -2.37. The molecule has 0 saturated carbocycles. The van der Waals surface area contributed by atoms with E-state index in [0.717, 1.165) is 18.5 Å². The first-order valence-electron chi connectivity index (χ1n) is 13.4. The smallest absolute Gasteiger partial charge is 0.410 e. The van der Waals surface area contributed by atoms with Gasteiger partial charge in [-0.1, -0.05) is 18.2 Å². The Morgan fingerprint density at radius 3 is 2.24 bits per heavy atom. The summed E-state index contributed by atoms with van der Waals surface area (Å²) in [6.45, 7) is 9.68. The van der Waals surface area contributed by atoms with Gasteiger partial charge in [-0.2, -0.15) is 5.10 Å². The fourth-order valence-electron chi connectivity index (χ4n) is 5.41. The standard InChI is InChI=1S/C28H36N6O4/c1-18-22-24(34(31-18)21-8-6-5-7-9-21)29-23(30-25(22)35)19-10-14-32(15-11-19)26(36)20-12-16-33(17-13-20)27(37)38-28(2,3)4/h5-9,19-20H,10-17H2,1-4H3,(H,29,30,35). The lowest BCUT2D eigenvalue weighted by atomic mass is 9.91. The van der Waals surface area contributed by atoms with Gasteiger partial charge in [-0.15, -0.1) is 0 Å². The van der Waals surface area contributed by atoms with Crippen molar-refractivity contribution in [3.63, 3.8) is 0 Å². The number of piperidine rings is 2. The maximum absolute atomic E-state index is 13.2. The lowest BCUT2D eigenvalue weighted by Crippen LogP contribution is -2.47. The van der Waals surface area contributed by atoms with E-state index in [9.17, 15) is 14.4 Å². The number of H-pyrrole nitrogens is 1. The number of aromatic amines is 1. The van der Waals surface area contributed by atoms with Gasteiger partial charge >= 0.3 is 6.09 Å². The number of aromatic nitrogens is 4. The van der Waals surface area contributed by atoms with Gasteiger partial charge in [-0.05, 0) is 65.5 Å². The van der Waals surface area contributed by atoms with Crippen molar-refractivity contribution in [3.05, 3.63) is 52.2 Å². The maximum atomic E-state index is 13.2. The summed E-state index contributed by atoms with van der Waals surface area (Å²) in [5.74, 6) is 0.784. The molecule has 2 aliphatic rings. The van der Waals surface area contributed by atoms with Crippen molar-refractivity contribution in [3.8, 4) is 5.69 Å². The molecule has 1 N–H and O–H groups in total. The van der Waals surface area contributed by atoms with Gasteiger partial charge in [0, 0.05) is 38.0 Å². The summed E-state index contributed by atoms with van der Waals surface area (Å²) in [6.07, 6.45) is 2.44. The van der Waals surface area contributed by atoms with Gasteiger partial charge in [0.25, 0.3) is 5.56 Å². The summed E-state index contributed by atoms with van der Waals surface area (Å²) < 4.78 is 7.19. The van der Waals surface area contributed by atoms with Gasteiger partial charge in [0.2, 0.25) is 5.91 Å². The van der Waals surface area contributed by atoms with Gasteiger partial charge < -0.3 is 19.5 Å². The lowest BCUT2D eigenvalue weighted by molar-refractivity contribution is -0.138. The number of amides is 2. The summed E-state index contributed by atoms with van der Waals surface area (Å²) in [7, 11) is 0. The van der Waals surface area contributed by atoms with Crippen molar-refractivity contribution in [2.75, 3.05) is 26.2 Å².